The number of nitrogens with two attached hydrogens (primary N) is 2. The lowest BCUT2D eigenvalue weighted by atomic mass is 9.78. The summed E-state index contributed by atoms with van der Waals surface area (Å²) < 4.78 is 50.3. The van der Waals surface area contributed by atoms with Gasteiger partial charge in [0.2, 0.25) is 23.6 Å². The number of carbonyl (C=O) groups is 6. The molecule has 7 aliphatic rings. The largest absolute Gasteiger partial charge is 0.481 e. The maximum atomic E-state index is 14.9. The molecule has 11 heterocycles. The fourth-order valence-electron chi connectivity index (χ4n) is 19.7. The first-order chi connectivity index (χ1) is 64.0. The molecule has 1 saturated carbocycles. The lowest BCUT2D eigenvalue weighted by molar-refractivity contribution is -0.265. The minimum Gasteiger partial charge on any atom is -0.481 e. The summed E-state index contributed by atoms with van der Waals surface area (Å²) in [5.41, 5.74) is 21.3. The molecule has 4 saturated heterocycles. The second kappa shape index (κ2) is 45.2. The van der Waals surface area contributed by atoms with E-state index in [-0.39, 0.29) is 79.4 Å². The number of cyclic esters (lactones) is 1. The number of aliphatic hydroxyl groups excluding tert-OH is 2. The molecule has 14 rings (SSSR count). The van der Waals surface area contributed by atoms with Gasteiger partial charge in [-0.3, -0.25) is 28.9 Å². The van der Waals surface area contributed by atoms with E-state index in [2.05, 4.69) is 57.8 Å². The number of oxazole rings is 1. The third kappa shape index (κ3) is 24.3. The van der Waals surface area contributed by atoms with Gasteiger partial charge in [0.15, 0.2) is 22.1 Å². The average Bonchev–Trinajstić information content (AvgIpc) is 1.71. The van der Waals surface area contributed by atoms with Crippen molar-refractivity contribution in [3.05, 3.63) is 143 Å². The van der Waals surface area contributed by atoms with Crippen molar-refractivity contribution in [1.82, 2.24) is 64.3 Å². The highest BCUT2D eigenvalue weighted by Crippen LogP contribution is 2.41. The molecule has 34 nitrogen and oxygen atoms in total. The Bertz CT molecular complexity index is 5350. The smallest absolute Gasteiger partial charge is 0.329 e. The van der Waals surface area contributed by atoms with Crippen LogP contribution in [-0.4, -0.2) is 287 Å². The molecule has 716 valence electrons. The molecule has 0 spiro atoms. The van der Waals surface area contributed by atoms with Crippen LogP contribution in [0.15, 0.2) is 120 Å². The number of fused-ring (bicyclic) bond motifs is 6. The number of allylic oxidation sites excluding steroid dienone is 5. The number of methoxy groups -OCH3 is 3. The summed E-state index contributed by atoms with van der Waals surface area (Å²) >= 11 is 5.87. The summed E-state index contributed by atoms with van der Waals surface area (Å²) in [4.78, 5) is 129. The van der Waals surface area contributed by atoms with Crippen LogP contribution in [0.2, 0.25) is 0 Å². The maximum Gasteiger partial charge on any atom is 0.329 e. The van der Waals surface area contributed by atoms with Gasteiger partial charge in [-0.1, -0.05) is 89.3 Å². The van der Waals surface area contributed by atoms with Gasteiger partial charge in [0, 0.05) is 167 Å². The number of Topliss-reactive ketones (excluding diaryl/α,β-unsaturated/α-hetero) is 2. The lowest BCUT2D eigenvalue weighted by Gasteiger charge is -2.43. The number of hydrogen-bond donors (Lipinski definition) is 5. The molecule has 35 heteroatoms. The van der Waals surface area contributed by atoms with Crippen LogP contribution in [0.25, 0.3) is 33.4 Å². The fraction of sp³-hybridized carbons (Fsp3) is 0.582. The zero-order chi connectivity index (χ0) is 94.3. The number of piperidine rings is 1. The molecule has 7 aromatic rings. The molecule has 6 aliphatic heterocycles. The van der Waals surface area contributed by atoms with Crippen LogP contribution < -0.4 is 21.3 Å². The van der Waals surface area contributed by atoms with Crippen molar-refractivity contribution in [3.63, 3.8) is 0 Å². The second-order valence-electron chi connectivity index (χ2n) is 37.3. The van der Waals surface area contributed by atoms with E-state index in [1.54, 1.807) is 59.5 Å². The van der Waals surface area contributed by atoms with E-state index in [4.69, 9.17) is 76.3 Å². The van der Waals surface area contributed by atoms with Crippen molar-refractivity contribution >= 4 is 98.4 Å². The molecule has 16 atom stereocenters. The highest BCUT2D eigenvalue weighted by atomic mass is 32.1. The number of aryl methyl sites for hydroxylation is 1. The Kier molecular flexibility index (Phi) is 33.5. The lowest BCUT2D eigenvalue weighted by Crippen LogP contribution is -2.61. The number of esters is 1. The normalized spacial score (nSPS) is 28.4. The van der Waals surface area contributed by atoms with Crippen molar-refractivity contribution in [1.29, 1.82) is 0 Å². The number of carbonyl (C=O) groups excluding carboxylic acids is 6. The van der Waals surface area contributed by atoms with Gasteiger partial charge in [-0.2, -0.15) is 10.1 Å². The number of ketones is 2. The maximum absolute atomic E-state index is 14.9. The van der Waals surface area contributed by atoms with Crippen LogP contribution in [0.4, 0.5) is 23.7 Å². The number of amides is 3. The summed E-state index contributed by atoms with van der Waals surface area (Å²) in [5.74, 6) is -6.32. The molecule has 1 aliphatic carbocycles. The zero-order valence-electron chi connectivity index (χ0n) is 78.2. The van der Waals surface area contributed by atoms with Crippen molar-refractivity contribution < 1.29 is 81.7 Å². The number of anilines is 4. The average molecular weight is 1850 g/mol. The van der Waals surface area contributed by atoms with Gasteiger partial charge in [-0.05, 0) is 172 Å². The molecule has 0 radical (unpaired) electrons. The topological polar surface area (TPSA) is 420 Å². The van der Waals surface area contributed by atoms with E-state index in [1.807, 2.05) is 97.1 Å². The predicted molar refractivity (Wildman–Crippen MR) is 504 cm³/mol. The van der Waals surface area contributed by atoms with Gasteiger partial charge < -0.3 is 88.9 Å². The van der Waals surface area contributed by atoms with Crippen LogP contribution in [0, 0.1) is 35.5 Å². The van der Waals surface area contributed by atoms with Crippen LogP contribution in [0.5, 0.6) is 0 Å². The Hall–Kier alpha value is -10.5. The number of nitrogen functional groups attached to an aromatic ring is 2. The van der Waals surface area contributed by atoms with Gasteiger partial charge >= 0.3 is 5.97 Å². The Morgan fingerprint density at radius 2 is 1.47 bits per heavy atom. The molecule has 5 aromatic heterocycles. The summed E-state index contributed by atoms with van der Waals surface area (Å²) in [6.45, 7) is 21.2. The number of benzene rings is 2. The molecule has 7 N–H and O–H groups in total. The third-order valence-electron chi connectivity index (χ3n) is 27.8. The van der Waals surface area contributed by atoms with Crippen LogP contribution >= 0.6 is 12.2 Å². The second-order valence-corrected chi connectivity index (χ2v) is 37.7. The standard InChI is InChI=1S/C98H131N17O17S/c1-59-16-12-11-13-17-60(2)79(125-8)50-73-25-19-65(7)98(124,132-73)89(120)93(122)114-31-15-14-18-75(114)94(123)130-80(51-76(116)61(3)45-64(6)87(119)88(127-10)86(118)63(5)44-59)62(4)46-66-21-26-78(81(48-66)126-9)129-83(133)28-22-68-52-101-96(102-53-68)112-39-37-110(38-40-112)82(117)30-42-128-43-41-109-33-35-111(36-34-109)97-103-54-72(55-104-97)92(121)113-32-29-69-47-67(20-23-71(69)57-113)56-115-91-84(90(99)105-58-106-91)85(108-115)70-24-27-77-74(49-70)107-95(100)131-77/h11-13,16-17,20,23-24,27,45,47,49,52-55,58-59,61-63,65-66,73,75-76,78-81,87-88,116,119,124H,14-15,18-19,21-22,25-26,28-44,46,48,50-51,56-57H2,1-10H3,(H2,100,107)(H2,99,105,106)/b13-11+,16-12+,60-17+,64-45+/t59-,61-,62-,63-,65-,66+,73+,75+,76-,78-,79+,80+,81-,87-,88+,98-/m1/s1. The predicted octanol–water partition coefficient (Wildman–Crippen LogP) is 9.77. The number of rotatable bonds is 22. The Morgan fingerprint density at radius 3 is 2.20 bits per heavy atom. The Labute approximate surface area is 782 Å². The van der Waals surface area contributed by atoms with Gasteiger partial charge in [-0.25, -0.2) is 39.4 Å². The number of hydrogen-bond acceptors (Lipinski definition) is 31. The molecule has 0 unspecified atom stereocenters. The van der Waals surface area contributed by atoms with Gasteiger partial charge in [-0.15, -0.1) is 0 Å². The van der Waals surface area contributed by atoms with Crippen molar-refractivity contribution in [3.8, 4) is 11.3 Å². The van der Waals surface area contributed by atoms with Crippen LogP contribution in [0.1, 0.15) is 171 Å². The minimum absolute atomic E-state index is 0.00374. The van der Waals surface area contributed by atoms with E-state index in [0.717, 1.165) is 53.9 Å². The molecule has 5 fully saturated rings. The van der Waals surface area contributed by atoms with Gasteiger partial charge in [0.25, 0.3) is 23.6 Å². The van der Waals surface area contributed by atoms with Gasteiger partial charge in [0.1, 0.15) is 53.8 Å². The molecule has 3 amide bonds. The monoisotopic (exact) mass is 1850 g/mol. The van der Waals surface area contributed by atoms with E-state index >= 15 is 0 Å². The number of aliphatic hydroxyl groups is 3. The molecular formula is C98H131N17O17S. The van der Waals surface area contributed by atoms with Crippen molar-refractivity contribution in [2.75, 3.05) is 128 Å². The Morgan fingerprint density at radius 1 is 0.722 bits per heavy atom. The summed E-state index contributed by atoms with van der Waals surface area (Å²) in [6, 6.07) is 10.8. The number of nitrogens with zero attached hydrogens (tertiary/aromatic N) is 15. The van der Waals surface area contributed by atoms with Crippen molar-refractivity contribution in [2.24, 2.45) is 35.5 Å². The summed E-state index contributed by atoms with van der Waals surface area (Å²) in [5, 5.41) is 42.2. The zero-order valence-corrected chi connectivity index (χ0v) is 79.0. The van der Waals surface area contributed by atoms with Crippen LogP contribution in [-0.2, 0) is 83.1 Å². The highest BCUT2D eigenvalue weighted by Gasteiger charge is 2.53. The first-order valence-corrected chi connectivity index (χ1v) is 47.5. The van der Waals surface area contributed by atoms with E-state index in [1.165, 1.54) is 23.9 Å². The molecule has 2 bridgehead atoms. The van der Waals surface area contributed by atoms with E-state index in [9.17, 15) is 44.1 Å². The third-order valence-corrected chi connectivity index (χ3v) is 28.1. The highest BCUT2D eigenvalue weighted by molar-refractivity contribution is 7.80. The first kappa shape index (κ1) is 98.5. The molecule has 133 heavy (non-hydrogen) atoms. The molecular weight excluding hydrogens is 1720 g/mol. The van der Waals surface area contributed by atoms with Crippen molar-refractivity contribution in [2.45, 2.75) is 225 Å². The quantitative estimate of drug-likeness (QED) is 0.0138. The first-order valence-electron chi connectivity index (χ1n) is 47.1. The van der Waals surface area contributed by atoms with E-state index in [0.29, 0.717) is 211 Å². The number of ether oxygens (including phenoxy) is 7. The number of piperazine rings is 2. The molecule has 2 aromatic carbocycles. The Balaban J connectivity index is 0.499. The minimum atomic E-state index is -2.47. The fourth-order valence-corrected chi connectivity index (χ4v) is 19.9. The number of thiocarbonyl (C=S) groups is 1. The van der Waals surface area contributed by atoms with Crippen LogP contribution in [0.3, 0.4) is 0 Å². The van der Waals surface area contributed by atoms with E-state index < -0.39 is 83.9 Å². The summed E-state index contributed by atoms with van der Waals surface area (Å²) in [6.07, 6.45) is 20.8. The SMILES string of the molecule is CO[C@H]1C[C@@H]2CC[C@@H](C)[C@@](O)(O2)C(=O)C(=O)N2CCCC[C@H]2C(=O)O[C@H]([C@H](C)C[C@@H]2CC[C@@H](OC(=S)CCc3cnc(N4CCN(C(=O)CCOCCN5CCN(c6ncc(C(=O)N7CCc8cc(Cn9nc(-c%10ccc%11oc(N)nc%11c%10)c%10c(N)ncnc%109)ccc8C7)cn6)CC5)CC4)nc3)[C@H](OC)C2)C[C@@H](O)[C@H](C)/C=C(\C)[C@@H](O)[C@@H](OC)C(=O)[C@H](C)C[C@H](C)/C=C/C=C/C=C/1C. The van der Waals surface area contributed by atoms with Gasteiger partial charge in [0.05, 0.1) is 61.5 Å². The number of aromatic nitrogens is 9. The summed E-state index contributed by atoms with van der Waals surface area (Å²) in [7, 11) is 4.63.